The van der Waals surface area contributed by atoms with E-state index in [1.165, 1.54) is 0 Å². The topological polar surface area (TPSA) is 66.0 Å². The minimum atomic E-state index is -0.274. The maximum Gasteiger partial charge on any atom is 0.292 e. The summed E-state index contributed by atoms with van der Waals surface area (Å²) in [6.07, 6.45) is 3.41. The molecule has 0 aliphatic heterocycles. The molecule has 26 heavy (non-hydrogen) atoms. The molecule has 0 heterocycles. The molecule has 4 nitrogen and oxygen atoms in total. The van der Waals surface area contributed by atoms with Crippen LogP contribution in [0.2, 0.25) is 0 Å². The Morgan fingerprint density at radius 2 is 1.08 bits per heavy atom. The summed E-state index contributed by atoms with van der Waals surface area (Å²) in [6.45, 7) is 11.1. The molecule has 0 fully saturated rings. The Labute approximate surface area is 155 Å². The number of hydrogen-bond acceptors (Lipinski definition) is 4. The van der Waals surface area contributed by atoms with Crippen molar-refractivity contribution in [3.8, 4) is 24.0 Å². The maximum absolute atomic E-state index is 8.71. The van der Waals surface area contributed by atoms with Gasteiger partial charge in [-0.3, -0.25) is 0 Å². The van der Waals surface area contributed by atoms with E-state index in [2.05, 4.69) is 34.6 Å². The number of nitriles is 2. The van der Waals surface area contributed by atoms with E-state index < -0.39 is 0 Å². The van der Waals surface area contributed by atoms with Gasteiger partial charge in [-0.15, -0.1) is 10.5 Å². The molecule has 0 radical (unpaired) electrons. The molecule has 134 valence electrons. The van der Waals surface area contributed by atoms with Gasteiger partial charge in [0.1, 0.15) is 11.5 Å². The Morgan fingerprint density at radius 1 is 0.731 bits per heavy atom. The van der Waals surface area contributed by atoms with Crippen molar-refractivity contribution in [1.82, 2.24) is 0 Å². The number of hydrogen-bond donors (Lipinski definition) is 0. The summed E-state index contributed by atoms with van der Waals surface area (Å²) in [5, 5.41) is 17.4. The first kappa shape index (κ1) is 19.3. The normalized spacial score (nSPS) is 11.5. The van der Waals surface area contributed by atoms with Crippen molar-refractivity contribution < 1.29 is 9.47 Å². The van der Waals surface area contributed by atoms with Gasteiger partial charge in [0.15, 0.2) is 0 Å². The van der Waals surface area contributed by atoms with Gasteiger partial charge in [0, 0.05) is 5.41 Å². The van der Waals surface area contributed by atoms with Crippen LogP contribution in [0.4, 0.5) is 0 Å². The van der Waals surface area contributed by atoms with Crippen LogP contribution in [0.3, 0.4) is 0 Å². The second kappa shape index (κ2) is 7.50. The molecule has 2 rings (SSSR count). The fourth-order valence-corrected chi connectivity index (χ4v) is 4.24. The standard InChI is InChI=1S/C22H24N2O2/c1-16(2)22(21(3,4)5,17-6-10-19(11-7-17)25-14-23)18-8-12-20(13-9-18)26-15-24/h6-13,16H,1-5H3. The number of nitrogens with zero attached hydrogens (tertiary/aromatic N) is 2. The summed E-state index contributed by atoms with van der Waals surface area (Å²) in [5.74, 6) is 1.36. The fourth-order valence-electron chi connectivity index (χ4n) is 4.24. The second-order valence-corrected chi connectivity index (χ2v) is 7.65. The van der Waals surface area contributed by atoms with E-state index in [1.54, 1.807) is 12.5 Å². The van der Waals surface area contributed by atoms with E-state index in [-0.39, 0.29) is 10.8 Å². The molecule has 0 unspecified atom stereocenters. The lowest BCUT2D eigenvalue weighted by atomic mass is 9.54. The molecule has 0 aromatic heterocycles. The van der Waals surface area contributed by atoms with Crippen molar-refractivity contribution in [1.29, 1.82) is 10.5 Å². The van der Waals surface area contributed by atoms with Crippen LogP contribution in [0, 0.1) is 34.4 Å². The Bertz CT molecular complexity index is 757. The van der Waals surface area contributed by atoms with Crippen molar-refractivity contribution in [3.05, 3.63) is 59.7 Å². The summed E-state index contributed by atoms with van der Waals surface area (Å²) in [5.41, 5.74) is 1.94. The van der Waals surface area contributed by atoms with Crippen molar-refractivity contribution in [2.24, 2.45) is 11.3 Å². The summed E-state index contributed by atoms with van der Waals surface area (Å²) in [4.78, 5) is 0. The molecule has 2 aromatic carbocycles. The van der Waals surface area contributed by atoms with Gasteiger partial charge in [0.05, 0.1) is 0 Å². The van der Waals surface area contributed by atoms with Gasteiger partial charge in [-0.1, -0.05) is 58.9 Å². The van der Waals surface area contributed by atoms with Crippen LogP contribution in [0.5, 0.6) is 11.5 Å². The predicted molar refractivity (Wildman–Crippen MR) is 100 cm³/mol. The molecule has 0 N–H and O–H groups in total. The van der Waals surface area contributed by atoms with Gasteiger partial charge in [0.2, 0.25) is 0 Å². The molecule has 0 saturated carbocycles. The predicted octanol–water partition coefficient (Wildman–Crippen LogP) is 5.39. The number of ether oxygens (including phenoxy) is 2. The third-order valence-electron chi connectivity index (χ3n) is 5.00. The van der Waals surface area contributed by atoms with Crippen LogP contribution in [-0.2, 0) is 5.41 Å². The maximum atomic E-state index is 8.71. The first-order chi connectivity index (χ1) is 12.3. The molecule has 0 bridgehead atoms. The van der Waals surface area contributed by atoms with E-state index >= 15 is 0 Å². The van der Waals surface area contributed by atoms with Crippen molar-refractivity contribution in [3.63, 3.8) is 0 Å². The van der Waals surface area contributed by atoms with Gasteiger partial charge in [-0.2, -0.15) is 0 Å². The lowest BCUT2D eigenvalue weighted by Gasteiger charge is -2.49. The van der Waals surface area contributed by atoms with Crippen LogP contribution >= 0.6 is 0 Å². The lowest BCUT2D eigenvalue weighted by Crippen LogP contribution is -2.45. The molecular weight excluding hydrogens is 324 g/mol. The first-order valence-corrected chi connectivity index (χ1v) is 8.60. The van der Waals surface area contributed by atoms with Crippen molar-refractivity contribution in [2.45, 2.75) is 40.0 Å². The molecule has 2 aromatic rings. The second-order valence-electron chi connectivity index (χ2n) is 7.65. The molecule has 0 spiro atoms. The van der Waals surface area contributed by atoms with E-state index in [1.807, 2.05) is 48.5 Å². The van der Waals surface area contributed by atoms with E-state index in [4.69, 9.17) is 20.0 Å². The largest absolute Gasteiger partial charge is 0.388 e. The van der Waals surface area contributed by atoms with E-state index in [9.17, 15) is 0 Å². The minimum absolute atomic E-state index is 0.0869. The van der Waals surface area contributed by atoms with Crippen molar-refractivity contribution >= 4 is 0 Å². The fraction of sp³-hybridized carbons (Fsp3) is 0.364. The van der Waals surface area contributed by atoms with Crippen LogP contribution in [0.15, 0.2) is 48.5 Å². The van der Waals surface area contributed by atoms with Crippen LogP contribution < -0.4 is 9.47 Å². The Hall–Kier alpha value is -2.98. The van der Waals surface area contributed by atoms with Gasteiger partial charge < -0.3 is 9.47 Å². The molecule has 0 amide bonds. The highest BCUT2D eigenvalue weighted by Gasteiger charge is 2.47. The average Bonchev–Trinajstić information content (AvgIpc) is 2.57. The van der Waals surface area contributed by atoms with Crippen molar-refractivity contribution in [2.75, 3.05) is 0 Å². The zero-order valence-electron chi connectivity index (χ0n) is 15.9. The third-order valence-corrected chi connectivity index (χ3v) is 5.00. The smallest absolute Gasteiger partial charge is 0.292 e. The Balaban J connectivity index is 2.66. The van der Waals surface area contributed by atoms with Crippen LogP contribution in [0.1, 0.15) is 45.7 Å². The van der Waals surface area contributed by atoms with E-state index in [0.29, 0.717) is 17.4 Å². The monoisotopic (exact) mass is 348 g/mol. The average molecular weight is 348 g/mol. The molecule has 0 aliphatic carbocycles. The quantitative estimate of drug-likeness (QED) is 0.679. The van der Waals surface area contributed by atoms with Gasteiger partial charge in [-0.05, 0) is 46.7 Å². The zero-order chi connectivity index (χ0) is 19.4. The summed E-state index contributed by atoms with van der Waals surface area (Å²) >= 11 is 0. The molecule has 0 saturated heterocycles. The van der Waals surface area contributed by atoms with Crippen LogP contribution in [-0.4, -0.2) is 0 Å². The highest BCUT2D eigenvalue weighted by molar-refractivity contribution is 5.46. The Kier molecular flexibility index (Phi) is 5.58. The SMILES string of the molecule is CC(C)C(c1ccc(OC#N)cc1)(c1ccc(OC#N)cc1)C(C)(C)C. The Morgan fingerprint density at radius 3 is 1.31 bits per heavy atom. The minimum Gasteiger partial charge on any atom is -0.388 e. The summed E-state index contributed by atoms with van der Waals surface area (Å²) in [6, 6.07) is 15.4. The van der Waals surface area contributed by atoms with Crippen LogP contribution in [0.25, 0.3) is 0 Å². The van der Waals surface area contributed by atoms with E-state index in [0.717, 1.165) is 11.1 Å². The molecule has 0 aliphatic rings. The van der Waals surface area contributed by atoms with Gasteiger partial charge >= 0.3 is 0 Å². The molecular formula is C22H24N2O2. The molecule has 4 heteroatoms. The summed E-state index contributed by atoms with van der Waals surface area (Å²) in [7, 11) is 0. The molecule has 0 atom stereocenters. The first-order valence-electron chi connectivity index (χ1n) is 8.60. The third kappa shape index (κ3) is 3.37. The zero-order valence-corrected chi connectivity index (χ0v) is 15.9. The van der Waals surface area contributed by atoms with Gasteiger partial charge in [0.25, 0.3) is 12.5 Å². The lowest BCUT2D eigenvalue weighted by molar-refractivity contribution is 0.165. The number of rotatable bonds is 5. The van der Waals surface area contributed by atoms with Gasteiger partial charge in [-0.25, -0.2) is 0 Å². The highest BCUT2D eigenvalue weighted by atomic mass is 16.5. The highest BCUT2D eigenvalue weighted by Crippen LogP contribution is 2.52. The summed E-state index contributed by atoms with van der Waals surface area (Å²) < 4.78 is 9.85. The number of benzene rings is 2.